The van der Waals surface area contributed by atoms with Gasteiger partial charge in [-0.3, -0.25) is 4.79 Å². The van der Waals surface area contributed by atoms with Crippen molar-refractivity contribution in [1.82, 2.24) is 24.8 Å². The summed E-state index contributed by atoms with van der Waals surface area (Å²) >= 11 is 5.95. The molecule has 29 heavy (non-hydrogen) atoms. The SMILES string of the molecule is CCOC(=O)N1CCN(C(=O)c2nnn3c2COC(c2ccc(Cl)cc2)C3)CC1. The van der Waals surface area contributed by atoms with E-state index < -0.39 is 0 Å². The lowest BCUT2D eigenvalue weighted by atomic mass is 10.1. The Labute approximate surface area is 173 Å². The average molecular weight is 420 g/mol. The van der Waals surface area contributed by atoms with Gasteiger partial charge < -0.3 is 19.3 Å². The number of carbonyl (C=O) groups excluding carboxylic acids is 2. The van der Waals surface area contributed by atoms with Crippen molar-refractivity contribution in [3.63, 3.8) is 0 Å². The van der Waals surface area contributed by atoms with Crippen LogP contribution in [-0.2, 0) is 22.6 Å². The first-order valence-corrected chi connectivity index (χ1v) is 9.95. The van der Waals surface area contributed by atoms with Crippen LogP contribution in [0, 0.1) is 0 Å². The third-order valence-corrected chi connectivity index (χ3v) is 5.39. The van der Waals surface area contributed by atoms with Gasteiger partial charge in [-0.1, -0.05) is 28.9 Å². The number of carbonyl (C=O) groups is 2. The van der Waals surface area contributed by atoms with Crippen LogP contribution in [0.3, 0.4) is 0 Å². The van der Waals surface area contributed by atoms with Gasteiger partial charge in [-0.05, 0) is 24.6 Å². The van der Waals surface area contributed by atoms with Gasteiger partial charge in [0.25, 0.3) is 5.91 Å². The Balaban J connectivity index is 1.41. The number of hydrogen-bond donors (Lipinski definition) is 0. The van der Waals surface area contributed by atoms with Crippen molar-refractivity contribution in [3.05, 3.63) is 46.2 Å². The van der Waals surface area contributed by atoms with Gasteiger partial charge >= 0.3 is 6.09 Å². The second-order valence-electron chi connectivity index (χ2n) is 6.90. The van der Waals surface area contributed by atoms with Crippen LogP contribution in [0.4, 0.5) is 4.79 Å². The Morgan fingerprint density at radius 3 is 2.55 bits per heavy atom. The normalized spacial score (nSPS) is 19.0. The van der Waals surface area contributed by atoms with E-state index in [1.807, 2.05) is 24.3 Å². The molecule has 0 saturated carbocycles. The number of benzene rings is 1. The van der Waals surface area contributed by atoms with Gasteiger partial charge in [0.05, 0.1) is 25.5 Å². The van der Waals surface area contributed by atoms with Crippen LogP contribution >= 0.6 is 11.6 Å². The van der Waals surface area contributed by atoms with E-state index in [-0.39, 0.29) is 24.7 Å². The number of hydrogen-bond acceptors (Lipinski definition) is 6. The number of ether oxygens (including phenoxy) is 2. The number of nitrogens with zero attached hydrogens (tertiary/aromatic N) is 5. The third kappa shape index (κ3) is 4.06. The van der Waals surface area contributed by atoms with Gasteiger partial charge in [0.2, 0.25) is 0 Å². The minimum absolute atomic E-state index is 0.169. The van der Waals surface area contributed by atoms with Crippen molar-refractivity contribution in [2.45, 2.75) is 26.2 Å². The number of aromatic nitrogens is 3. The van der Waals surface area contributed by atoms with E-state index in [2.05, 4.69) is 10.3 Å². The molecule has 1 saturated heterocycles. The first-order chi connectivity index (χ1) is 14.1. The lowest BCUT2D eigenvalue weighted by Crippen LogP contribution is -2.51. The number of amides is 2. The van der Waals surface area contributed by atoms with Crippen LogP contribution in [0.15, 0.2) is 24.3 Å². The van der Waals surface area contributed by atoms with Crippen LogP contribution in [0.25, 0.3) is 0 Å². The summed E-state index contributed by atoms with van der Waals surface area (Å²) in [6, 6.07) is 7.48. The average Bonchev–Trinajstić information content (AvgIpc) is 3.17. The molecule has 0 N–H and O–H groups in total. The maximum absolute atomic E-state index is 12.9. The fraction of sp³-hybridized carbons (Fsp3) is 0.474. The molecule has 1 aromatic carbocycles. The molecule has 1 atom stereocenters. The van der Waals surface area contributed by atoms with Crippen LogP contribution in [0.2, 0.25) is 5.02 Å². The maximum Gasteiger partial charge on any atom is 0.409 e. The summed E-state index contributed by atoms with van der Waals surface area (Å²) in [6.07, 6.45) is -0.514. The lowest BCUT2D eigenvalue weighted by Gasteiger charge is -2.33. The number of piperazine rings is 1. The van der Waals surface area contributed by atoms with Crippen molar-refractivity contribution in [2.75, 3.05) is 32.8 Å². The van der Waals surface area contributed by atoms with E-state index in [1.54, 1.807) is 21.4 Å². The predicted molar refractivity (Wildman–Crippen MR) is 104 cm³/mol. The molecule has 2 aliphatic rings. The van der Waals surface area contributed by atoms with Crippen molar-refractivity contribution in [2.24, 2.45) is 0 Å². The molecular formula is C19H22ClN5O4. The summed E-state index contributed by atoms with van der Waals surface area (Å²) in [5.41, 5.74) is 1.98. The Kier molecular flexibility index (Phi) is 5.68. The molecule has 3 heterocycles. The molecule has 0 aliphatic carbocycles. The second kappa shape index (κ2) is 8.38. The fourth-order valence-corrected chi connectivity index (χ4v) is 3.64. The van der Waals surface area contributed by atoms with Crippen LogP contribution < -0.4 is 0 Å². The lowest BCUT2D eigenvalue weighted by molar-refractivity contribution is -0.00203. The molecular weight excluding hydrogens is 398 g/mol. The smallest absolute Gasteiger partial charge is 0.409 e. The highest BCUT2D eigenvalue weighted by Gasteiger charge is 2.32. The Bertz CT molecular complexity index is 893. The Morgan fingerprint density at radius 1 is 1.17 bits per heavy atom. The van der Waals surface area contributed by atoms with Crippen molar-refractivity contribution >= 4 is 23.6 Å². The van der Waals surface area contributed by atoms with Crippen molar-refractivity contribution in [1.29, 1.82) is 0 Å². The van der Waals surface area contributed by atoms with Crippen LogP contribution in [0.5, 0.6) is 0 Å². The van der Waals surface area contributed by atoms with Gasteiger partial charge in [-0.15, -0.1) is 5.10 Å². The fourth-order valence-electron chi connectivity index (χ4n) is 3.51. The summed E-state index contributed by atoms with van der Waals surface area (Å²) in [4.78, 5) is 28.0. The largest absolute Gasteiger partial charge is 0.450 e. The Hall–Kier alpha value is -2.65. The summed E-state index contributed by atoms with van der Waals surface area (Å²) in [5, 5.41) is 8.94. The molecule has 1 fully saturated rings. The molecule has 2 amide bonds. The first kappa shape index (κ1) is 19.7. The highest BCUT2D eigenvalue weighted by Crippen LogP contribution is 2.28. The van der Waals surface area contributed by atoms with Gasteiger partial charge in [0.15, 0.2) is 5.69 Å². The minimum atomic E-state index is -0.345. The highest BCUT2D eigenvalue weighted by molar-refractivity contribution is 6.30. The van der Waals surface area contributed by atoms with Gasteiger partial charge in [-0.2, -0.15) is 0 Å². The van der Waals surface area contributed by atoms with Crippen LogP contribution in [0.1, 0.15) is 34.8 Å². The van der Waals surface area contributed by atoms with Crippen molar-refractivity contribution in [3.8, 4) is 0 Å². The highest BCUT2D eigenvalue weighted by atomic mass is 35.5. The van der Waals surface area contributed by atoms with Gasteiger partial charge in [0.1, 0.15) is 6.10 Å². The molecule has 9 nitrogen and oxygen atoms in total. The topological polar surface area (TPSA) is 89.8 Å². The second-order valence-corrected chi connectivity index (χ2v) is 7.33. The van der Waals surface area contributed by atoms with E-state index in [4.69, 9.17) is 21.1 Å². The summed E-state index contributed by atoms with van der Waals surface area (Å²) in [6.45, 7) is 4.56. The molecule has 0 spiro atoms. The van der Waals surface area contributed by atoms with Crippen molar-refractivity contribution < 1.29 is 19.1 Å². The van der Waals surface area contributed by atoms with E-state index in [0.717, 1.165) is 5.56 Å². The molecule has 0 bridgehead atoms. The van der Waals surface area contributed by atoms with E-state index in [1.165, 1.54) is 0 Å². The van der Waals surface area contributed by atoms with E-state index in [0.29, 0.717) is 55.7 Å². The zero-order valence-electron chi connectivity index (χ0n) is 16.1. The molecule has 154 valence electrons. The molecule has 1 aromatic heterocycles. The zero-order chi connectivity index (χ0) is 20.4. The number of halogens is 1. The molecule has 10 heteroatoms. The van der Waals surface area contributed by atoms with Crippen LogP contribution in [-0.4, -0.2) is 69.6 Å². The van der Waals surface area contributed by atoms with Gasteiger partial charge in [0, 0.05) is 31.2 Å². The first-order valence-electron chi connectivity index (χ1n) is 9.57. The maximum atomic E-state index is 12.9. The molecule has 2 aliphatic heterocycles. The van der Waals surface area contributed by atoms with E-state index >= 15 is 0 Å². The monoisotopic (exact) mass is 419 g/mol. The quantitative estimate of drug-likeness (QED) is 0.757. The number of fused-ring (bicyclic) bond motifs is 1. The summed E-state index contributed by atoms with van der Waals surface area (Å²) < 4.78 is 12.7. The zero-order valence-corrected chi connectivity index (χ0v) is 16.8. The molecule has 2 aromatic rings. The third-order valence-electron chi connectivity index (χ3n) is 5.13. The standard InChI is InChI=1S/C19H22ClN5O4/c1-2-28-19(27)24-9-7-23(8-10-24)18(26)17-15-12-29-16(11-25(15)22-21-17)13-3-5-14(20)6-4-13/h3-6,16H,2,7-12H2,1H3. The summed E-state index contributed by atoms with van der Waals surface area (Å²) in [5.74, 6) is -0.191. The van der Waals surface area contributed by atoms with E-state index in [9.17, 15) is 9.59 Å². The number of rotatable bonds is 3. The van der Waals surface area contributed by atoms with Gasteiger partial charge in [-0.25, -0.2) is 9.48 Å². The molecule has 0 radical (unpaired) electrons. The molecule has 4 rings (SSSR count). The summed E-state index contributed by atoms with van der Waals surface area (Å²) in [7, 11) is 0. The Morgan fingerprint density at radius 2 is 1.86 bits per heavy atom. The minimum Gasteiger partial charge on any atom is -0.450 e. The predicted octanol–water partition coefficient (Wildman–Crippen LogP) is 2.12. The molecule has 1 unspecified atom stereocenters.